The largest absolute Gasteiger partial charge is 0.394 e. The Morgan fingerprint density at radius 3 is 2.29 bits per heavy atom. The number of aliphatic hydroxyl groups is 2. The van der Waals surface area contributed by atoms with E-state index in [9.17, 15) is 44.3 Å². The van der Waals surface area contributed by atoms with Crippen molar-refractivity contribution < 1.29 is 53.3 Å². The molecule has 3 aromatic carbocycles. The quantitative estimate of drug-likeness (QED) is 0.0204. The number of pyridine rings is 1. The first kappa shape index (κ1) is 50.6. The zero-order chi connectivity index (χ0) is 47.9. The number of nitrogens with one attached hydrogen (secondary N) is 6. The Morgan fingerprint density at radius 1 is 0.909 bits per heavy atom. The molecule has 0 spiro atoms. The normalized spacial score (nSPS) is 19.7. The van der Waals surface area contributed by atoms with Crippen molar-refractivity contribution >= 4 is 62.7 Å². The first-order chi connectivity index (χ1) is 31.6. The summed E-state index contributed by atoms with van der Waals surface area (Å²) < 4.78 is 17.8. The van der Waals surface area contributed by atoms with Crippen molar-refractivity contribution in [1.29, 1.82) is 0 Å². The number of fused-ring (bicyclic) bond motifs is 2. The summed E-state index contributed by atoms with van der Waals surface area (Å²) in [5.74, 6) is -3.81. The number of aromatic nitrogens is 1. The highest BCUT2D eigenvalue weighted by molar-refractivity contribution is 6.11. The third kappa shape index (κ3) is 13.6. The number of nitrogens with two attached hydrogens (primary N) is 1. The minimum atomic E-state index is -1.51. The number of anilines is 1. The first-order valence-electron chi connectivity index (χ1n) is 21.7. The van der Waals surface area contributed by atoms with Crippen LogP contribution in [0.15, 0.2) is 72.8 Å². The summed E-state index contributed by atoms with van der Waals surface area (Å²) in [7, 11) is 0. The standard InChI is InChI=1S/C45H59N9O12/c1-25(2)37(53-43(60)26(3)65-41-39(50-27(4)56)45(66-34(23-55)40(41)58)64-24-28-11-6-5-7-12-28)44(61)52-32(42(46)59)17-18-35(57)48-21-19-47-20-22-49-38-29-13-8-9-14-30(29)51-31-15-10-16-33(36(31)38)54(62)63/h5-16,25-26,32,34,37,39-41,45,47,55,58H,17-24H2,1-4H3,(H2,46,59)(H,48,57)(H,49,51)(H,50,56)(H,52,61)(H,53,60). The fraction of sp³-hybridized carbons (Fsp3) is 0.467. The van der Waals surface area contributed by atoms with Gasteiger partial charge in [0, 0.05) is 51.0 Å². The molecule has 5 rings (SSSR count). The summed E-state index contributed by atoms with van der Waals surface area (Å²) in [5, 5.41) is 51.2. The third-order valence-corrected chi connectivity index (χ3v) is 10.9. The maximum absolute atomic E-state index is 13.6. The van der Waals surface area contributed by atoms with Gasteiger partial charge in [0.15, 0.2) is 6.29 Å². The highest BCUT2D eigenvalue weighted by Crippen LogP contribution is 2.36. The molecule has 21 nitrogen and oxygen atoms in total. The Labute approximate surface area is 381 Å². The van der Waals surface area contributed by atoms with Crippen LogP contribution < -0.4 is 37.6 Å². The Balaban J connectivity index is 1.09. The van der Waals surface area contributed by atoms with Crippen LogP contribution in [-0.2, 0) is 44.8 Å². The lowest BCUT2D eigenvalue weighted by molar-refractivity contribution is -0.383. The number of amides is 5. The number of non-ortho nitro benzene ring substituents is 1. The van der Waals surface area contributed by atoms with Crippen LogP contribution in [0.1, 0.15) is 46.1 Å². The maximum atomic E-state index is 13.6. The first-order valence-corrected chi connectivity index (χ1v) is 21.7. The van der Waals surface area contributed by atoms with Crippen molar-refractivity contribution in [2.45, 2.75) is 96.0 Å². The summed E-state index contributed by atoms with van der Waals surface area (Å²) in [6.45, 7) is 6.85. The van der Waals surface area contributed by atoms with E-state index in [1.54, 1.807) is 26.0 Å². The van der Waals surface area contributed by atoms with Crippen molar-refractivity contribution in [3.63, 3.8) is 0 Å². The summed E-state index contributed by atoms with van der Waals surface area (Å²) in [6, 6.07) is 17.7. The molecule has 0 aliphatic carbocycles. The van der Waals surface area contributed by atoms with Crippen LogP contribution in [0.3, 0.4) is 0 Å². The van der Waals surface area contributed by atoms with Gasteiger partial charge in [-0.05, 0) is 37.0 Å². The van der Waals surface area contributed by atoms with Crippen molar-refractivity contribution in [2.24, 2.45) is 11.7 Å². The van der Waals surface area contributed by atoms with E-state index in [1.165, 1.54) is 19.9 Å². The number of aliphatic hydroxyl groups excluding tert-OH is 2. The third-order valence-electron chi connectivity index (χ3n) is 10.9. The lowest BCUT2D eigenvalue weighted by atomic mass is 9.96. The van der Waals surface area contributed by atoms with Crippen LogP contribution in [0.5, 0.6) is 0 Å². The molecule has 0 saturated carbocycles. The van der Waals surface area contributed by atoms with Gasteiger partial charge in [-0.15, -0.1) is 0 Å². The molecule has 1 fully saturated rings. The number of carbonyl (C=O) groups excluding carboxylic acids is 5. The van der Waals surface area contributed by atoms with Crippen LogP contribution in [0.4, 0.5) is 11.4 Å². The highest BCUT2D eigenvalue weighted by atomic mass is 16.7. The zero-order valence-corrected chi connectivity index (χ0v) is 37.2. The average molecular weight is 918 g/mol. The van der Waals surface area contributed by atoms with Crippen LogP contribution in [0.25, 0.3) is 21.8 Å². The van der Waals surface area contributed by atoms with E-state index >= 15 is 0 Å². The Kier molecular flexibility index (Phi) is 18.6. The predicted molar refractivity (Wildman–Crippen MR) is 242 cm³/mol. The number of nitro groups is 1. The Hall–Kier alpha value is -6.36. The van der Waals surface area contributed by atoms with Gasteiger partial charge in [-0.3, -0.25) is 34.1 Å². The monoisotopic (exact) mass is 917 g/mol. The molecule has 1 aliphatic rings. The SMILES string of the molecule is CC(=O)NC1C(OCc2ccccc2)OC(CO)C(O)C1OC(C)C(=O)NC(C(=O)NC(CCC(=O)NCCNCCNc1c2ccccc2nc2cccc([N+](=O)[O-])c12)C(N)=O)C(C)C. The lowest BCUT2D eigenvalue weighted by Crippen LogP contribution is -2.66. The molecular formula is C45H59N9O12. The second-order valence-corrected chi connectivity index (χ2v) is 16.2. The Bertz CT molecular complexity index is 2320. The van der Waals surface area contributed by atoms with Crippen LogP contribution in [0.2, 0.25) is 0 Å². The molecule has 8 unspecified atom stereocenters. The molecule has 4 aromatic rings. The number of primary amides is 1. The summed E-state index contributed by atoms with van der Waals surface area (Å²) in [5.41, 5.74) is 8.12. The fourth-order valence-electron chi connectivity index (χ4n) is 7.48. The smallest absolute Gasteiger partial charge is 0.280 e. The topological polar surface area (TPSA) is 308 Å². The minimum absolute atomic E-state index is 0.0566. The molecule has 2 heterocycles. The molecule has 10 N–H and O–H groups in total. The number of nitro benzene ring substituents is 1. The van der Waals surface area contributed by atoms with E-state index in [-0.39, 0.29) is 31.7 Å². The van der Waals surface area contributed by atoms with E-state index in [4.69, 9.17) is 19.9 Å². The second kappa shape index (κ2) is 24.2. The molecule has 0 bridgehead atoms. The van der Waals surface area contributed by atoms with Gasteiger partial charge in [-0.2, -0.15) is 0 Å². The minimum Gasteiger partial charge on any atom is -0.394 e. The van der Waals surface area contributed by atoms with E-state index < -0.39 is 95.8 Å². The van der Waals surface area contributed by atoms with Gasteiger partial charge in [0.05, 0.1) is 34.9 Å². The Morgan fingerprint density at radius 2 is 1.61 bits per heavy atom. The molecule has 356 valence electrons. The van der Waals surface area contributed by atoms with E-state index in [0.29, 0.717) is 41.7 Å². The van der Waals surface area contributed by atoms with Crippen molar-refractivity contribution in [3.8, 4) is 0 Å². The zero-order valence-electron chi connectivity index (χ0n) is 37.2. The van der Waals surface area contributed by atoms with Crippen molar-refractivity contribution in [1.82, 2.24) is 31.6 Å². The van der Waals surface area contributed by atoms with E-state index in [1.807, 2.05) is 54.6 Å². The van der Waals surface area contributed by atoms with Gasteiger partial charge in [-0.25, -0.2) is 4.98 Å². The molecule has 1 aromatic heterocycles. The molecule has 21 heteroatoms. The molecule has 1 aliphatic heterocycles. The number of hydrogen-bond acceptors (Lipinski definition) is 15. The van der Waals surface area contributed by atoms with Gasteiger partial charge in [0.2, 0.25) is 29.5 Å². The lowest BCUT2D eigenvalue weighted by Gasteiger charge is -2.44. The fourth-order valence-corrected chi connectivity index (χ4v) is 7.48. The van der Waals surface area contributed by atoms with Crippen molar-refractivity contribution in [3.05, 3.63) is 88.5 Å². The van der Waals surface area contributed by atoms with E-state index in [0.717, 1.165) is 10.9 Å². The molecule has 66 heavy (non-hydrogen) atoms. The highest BCUT2D eigenvalue weighted by Gasteiger charge is 2.48. The van der Waals surface area contributed by atoms with Crippen LogP contribution >= 0.6 is 0 Å². The number of carbonyl (C=O) groups is 5. The summed E-state index contributed by atoms with van der Waals surface area (Å²) >= 11 is 0. The van der Waals surface area contributed by atoms with Crippen LogP contribution in [0, 0.1) is 16.0 Å². The van der Waals surface area contributed by atoms with Gasteiger partial charge in [-0.1, -0.05) is 68.4 Å². The molecular weight excluding hydrogens is 859 g/mol. The van der Waals surface area contributed by atoms with Crippen molar-refractivity contribution in [2.75, 3.05) is 38.1 Å². The summed E-state index contributed by atoms with van der Waals surface area (Å²) in [6.07, 6.45) is -6.82. The number of nitrogens with zero attached hydrogens (tertiary/aromatic N) is 2. The van der Waals surface area contributed by atoms with Gasteiger partial charge < -0.3 is 62.1 Å². The molecule has 5 amide bonds. The maximum Gasteiger partial charge on any atom is 0.280 e. The number of rotatable bonds is 24. The second-order valence-electron chi connectivity index (χ2n) is 16.2. The van der Waals surface area contributed by atoms with Crippen LogP contribution in [-0.4, -0.2) is 131 Å². The molecule has 0 radical (unpaired) electrons. The molecule has 1 saturated heterocycles. The predicted octanol–water partition coefficient (Wildman–Crippen LogP) is 0.878. The van der Waals surface area contributed by atoms with E-state index in [2.05, 4.69) is 36.9 Å². The number of para-hydroxylation sites is 1. The van der Waals surface area contributed by atoms with Gasteiger partial charge in [0.1, 0.15) is 47.9 Å². The van der Waals surface area contributed by atoms with Gasteiger partial charge in [0.25, 0.3) is 5.69 Å². The molecule has 8 atom stereocenters. The van der Waals surface area contributed by atoms with Gasteiger partial charge >= 0.3 is 0 Å². The summed E-state index contributed by atoms with van der Waals surface area (Å²) in [4.78, 5) is 80.5. The number of hydrogen-bond donors (Lipinski definition) is 9. The number of ether oxygens (including phenoxy) is 3. The number of benzene rings is 3. The average Bonchev–Trinajstić information content (AvgIpc) is 3.29.